The predicted molar refractivity (Wildman–Crippen MR) is 97.4 cm³/mol. The number of nitrogens with zero attached hydrogens (tertiary/aromatic N) is 3. The normalized spacial score (nSPS) is 15.7. The first-order valence-electron chi connectivity index (χ1n) is 8.25. The summed E-state index contributed by atoms with van der Waals surface area (Å²) in [5, 5.41) is 9.63. The second-order valence-corrected chi connectivity index (χ2v) is 6.43. The summed E-state index contributed by atoms with van der Waals surface area (Å²) >= 11 is 1.79. The molecule has 0 spiro atoms. The Kier molecular flexibility index (Phi) is 7.19. The van der Waals surface area contributed by atoms with Crippen LogP contribution in [0.4, 0.5) is 5.00 Å². The highest BCUT2D eigenvalue weighted by atomic mass is 32.1. The molecule has 0 aromatic carbocycles. The van der Waals surface area contributed by atoms with Crippen molar-refractivity contribution in [3.8, 4) is 0 Å². The van der Waals surface area contributed by atoms with Crippen molar-refractivity contribution >= 4 is 28.2 Å². The molecule has 2 N–H and O–H groups in total. The molecule has 0 unspecified atom stereocenters. The number of nitrogens with one attached hydrogen (secondary N) is 2. The molecule has 1 aliphatic heterocycles. The third-order valence-corrected chi connectivity index (χ3v) is 4.75. The van der Waals surface area contributed by atoms with Gasteiger partial charge in [-0.3, -0.25) is 9.79 Å². The zero-order valence-electron chi connectivity index (χ0n) is 14.0. The minimum Gasteiger partial charge on any atom is -0.360 e. The standard InChI is InChI=1S/C16H27N5OS/c1-3-7-18-14(22)6-8-19-16(17-2)21-11-9-20(10-12-21)15-5-4-13-23-15/h4-5,13H,3,6-12H2,1-2H3,(H,17,19)(H,18,22). The van der Waals surface area contributed by atoms with Gasteiger partial charge in [0.2, 0.25) is 5.91 Å². The van der Waals surface area contributed by atoms with E-state index in [9.17, 15) is 4.79 Å². The van der Waals surface area contributed by atoms with Gasteiger partial charge in [-0.25, -0.2) is 0 Å². The van der Waals surface area contributed by atoms with Gasteiger partial charge in [0.05, 0.1) is 5.00 Å². The van der Waals surface area contributed by atoms with E-state index >= 15 is 0 Å². The Balaban J connectivity index is 1.71. The van der Waals surface area contributed by atoms with E-state index in [0.717, 1.165) is 45.1 Å². The Labute approximate surface area is 142 Å². The Morgan fingerprint density at radius 1 is 1.26 bits per heavy atom. The molecule has 2 heterocycles. The lowest BCUT2D eigenvalue weighted by Gasteiger charge is -2.37. The number of carbonyl (C=O) groups is 1. The maximum absolute atomic E-state index is 11.6. The average Bonchev–Trinajstić information content (AvgIpc) is 3.12. The number of thiophene rings is 1. The van der Waals surface area contributed by atoms with Crippen molar-refractivity contribution in [1.29, 1.82) is 0 Å². The Hall–Kier alpha value is -1.76. The van der Waals surface area contributed by atoms with Crippen molar-refractivity contribution in [2.75, 3.05) is 51.2 Å². The van der Waals surface area contributed by atoms with Gasteiger partial charge in [-0.2, -0.15) is 0 Å². The van der Waals surface area contributed by atoms with Crippen LogP contribution in [0, 0.1) is 0 Å². The topological polar surface area (TPSA) is 60.0 Å². The fraction of sp³-hybridized carbons (Fsp3) is 0.625. The first kappa shape index (κ1) is 17.6. The lowest BCUT2D eigenvalue weighted by Crippen LogP contribution is -2.52. The van der Waals surface area contributed by atoms with E-state index in [-0.39, 0.29) is 5.91 Å². The van der Waals surface area contributed by atoms with Crippen LogP contribution in [0.5, 0.6) is 0 Å². The van der Waals surface area contributed by atoms with Crippen LogP contribution in [0.3, 0.4) is 0 Å². The van der Waals surface area contributed by atoms with Crippen molar-refractivity contribution < 1.29 is 4.79 Å². The van der Waals surface area contributed by atoms with E-state index in [0.29, 0.717) is 13.0 Å². The molecule has 1 fully saturated rings. The van der Waals surface area contributed by atoms with Gasteiger partial charge in [0.1, 0.15) is 0 Å². The maximum atomic E-state index is 11.6. The second kappa shape index (κ2) is 9.39. The number of aliphatic imine (C=N–C) groups is 1. The van der Waals surface area contributed by atoms with Gasteiger partial charge in [-0.1, -0.05) is 6.92 Å². The SMILES string of the molecule is CCCNC(=O)CCNC(=NC)N1CCN(c2cccs2)CC1. The molecule has 0 bridgehead atoms. The van der Waals surface area contributed by atoms with Crippen LogP contribution in [0.15, 0.2) is 22.5 Å². The van der Waals surface area contributed by atoms with Gasteiger partial charge in [0, 0.05) is 52.7 Å². The highest BCUT2D eigenvalue weighted by Gasteiger charge is 2.20. The van der Waals surface area contributed by atoms with E-state index in [1.807, 2.05) is 0 Å². The number of guanidine groups is 1. The molecule has 1 amide bonds. The first-order valence-corrected chi connectivity index (χ1v) is 9.13. The van der Waals surface area contributed by atoms with Crippen LogP contribution in [0.2, 0.25) is 0 Å². The molecule has 128 valence electrons. The number of carbonyl (C=O) groups excluding carboxylic acids is 1. The molecule has 6 nitrogen and oxygen atoms in total. The molecule has 2 rings (SSSR count). The average molecular weight is 337 g/mol. The molecule has 0 atom stereocenters. The van der Waals surface area contributed by atoms with Crippen molar-refractivity contribution in [3.63, 3.8) is 0 Å². The lowest BCUT2D eigenvalue weighted by atomic mass is 10.3. The van der Waals surface area contributed by atoms with E-state index in [4.69, 9.17) is 0 Å². The molecule has 7 heteroatoms. The Bertz CT molecular complexity index is 495. The van der Waals surface area contributed by atoms with Crippen LogP contribution >= 0.6 is 11.3 Å². The van der Waals surface area contributed by atoms with E-state index in [1.165, 1.54) is 5.00 Å². The van der Waals surface area contributed by atoms with Gasteiger partial charge in [-0.05, 0) is 23.9 Å². The summed E-state index contributed by atoms with van der Waals surface area (Å²) in [7, 11) is 1.80. The van der Waals surface area contributed by atoms with E-state index in [1.54, 1.807) is 18.4 Å². The van der Waals surface area contributed by atoms with Crippen LogP contribution in [0.25, 0.3) is 0 Å². The molecule has 0 saturated carbocycles. The highest BCUT2D eigenvalue weighted by molar-refractivity contribution is 7.14. The van der Waals surface area contributed by atoms with Crippen LogP contribution in [-0.4, -0.2) is 63.1 Å². The number of anilines is 1. The summed E-state index contributed by atoms with van der Waals surface area (Å²) in [6, 6.07) is 4.26. The maximum Gasteiger partial charge on any atom is 0.221 e. The second-order valence-electron chi connectivity index (χ2n) is 5.50. The van der Waals surface area contributed by atoms with Crippen LogP contribution < -0.4 is 15.5 Å². The van der Waals surface area contributed by atoms with Crippen molar-refractivity contribution in [2.45, 2.75) is 19.8 Å². The predicted octanol–water partition coefficient (Wildman–Crippen LogP) is 1.36. The molecular formula is C16H27N5OS. The van der Waals surface area contributed by atoms with Gasteiger partial charge in [-0.15, -0.1) is 11.3 Å². The quantitative estimate of drug-likeness (QED) is 0.608. The summed E-state index contributed by atoms with van der Waals surface area (Å²) in [6.07, 6.45) is 1.45. The molecule has 23 heavy (non-hydrogen) atoms. The van der Waals surface area contributed by atoms with Gasteiger partial charge >= 0.3 is 0 Å². The number of amides is 1. The van der Waals surface area contributed by atoms with Crippen molar-refractivity contribution in [3.05, 3.63) is 17.5 Å². The first-order chi connectivity index (χ1) is 11.2. The fourth-order valence-electron chi connectivity index (χ4n) is 2.56. The molecule has 0 radical (unpaired) electrons. The van der Waals surface area contributed by atoms with E-state index < -0.39 is 0 Å². The number of hydrogen-bond acceptors (Lipinski definition) is 4. The monoisotopic (exact) mass is 337 g/mol. The third-order valence-electron chi connectivity index (χ3n) is 3.82. The zero-order valence-corrected chi connectivity index (χ0v) is 14.9. The van der Waals surface area contributed by atoms with Crippen LogP contribution in [0.1, 0.15) is 19.8 Å². The number of hydrogen-bond donors (Lipinski definition) is 2. The molecule has 1 saturated heterocycles. The molecule has 1 aliphatic rings. The summed E-state index contributed by atoms with van der Waals surface area (Å²) < 4.78 is 0. The minimum absolute atomic E-state index is 0.0947. The lowest BCUT2D eigenvalue weighted by molar-refractivity contribution is -0.120. The summed E-state index contributed by atoms with van der Waals surface area (Å²) in [5.74, 6) is 0.983. The van der Waals surface area contributed by atoms with Gasteiger partial charge < -0.3 is 20.4 Å². The smallest absolute Gasteiger partial charge is 0.221 e. The Morgan fingerprint density at radius 3 is 2.65 bits per heavy atom. The molecule has 1 aromatic heterocycles. The van der Waals surface area contributed by atoms with E-state index in [2.05, 4.69) is 49.9 Å². The number of piperazine rings is 1. The summed E-state index contributed by atoms with van der Waals surface area (Å²) in [6.45, 7) is 7.30. The highest BCUT2D eigenvalue weighted by Crippen LogP contribution is 2.22. The fourth-order valence-corrected chi connectivity index (χ4v) is 3.35. The molecule has 1 aromatic rings. The van der Waals surface area contributed by atoms with Crippen molar-refractivity contribution in [1.82, 2.24) is 15.5 Å². The number of rotatable bonds is 6. The van der Waals surface area contributed by atoms with Crippen LogP contribution in [-0.2, 0) is 4.79 Å². The largest absolute Gasteiger partial charge is 0.360 e. The Morgan fingerprint density at radius 2 is 2.04 bits per heavy atom. The third kappa shape index (κ3) is 5.42. The van der Waals surface area contributed by atoms with Gasteiger partial charge in [0.25, 0.3) is 0 Å². The van der Waals surface area contributed by atoms with Gasteiger partial charge in [0.15, 0.2) is 5.96 Å². The minimum atomic E-state index is 0.0947. The molecule has 0 aliphatic carbocycles. The summed E-state index contributed by atoms with van der Waals surface area (Å²) in [4.78, 5) is 20.6. The zero-order chi connectivity index (χ0) is 16.5. The summed E-state index contributed by atoms with van der Waals surface area (Å²) in [5.41, 5.74) is 0. The van der Waals surface area contributed by atoms with Crippen molar-refractivity contribution in [2.24, 2.45) is 4.99 Å². The molecular weight excluding hydrogens is 310 g/mol.